The summed E-state index contributed by atoms with van der Waals surface area (Å²) in [5.41, 5.74) is 1.84. The van der Waals surface area contributed by atoms with Crippen LogP contribution in [0.15, 0.2) is 53.7 Å². The second kappa shape index (κ2) is 12.1. The molecular weight excluding hydrogens is 566 g/mol. The van der Waals surface area contributed by atoms with Crippen molar-refractivity contribution in [3.05, 3.63) is 66.0 Å². The average molecular weight is 601 g/mol. The fraction of sp³-hybridized carbons (Fsp3) is 0.448. The summed E-state index contributed by atoms with van der Waals surface area (Å²) in [6.45, 7) is 5.44. The van der Waals surface area contributed by atoms with Crippen LogP contribution in [-0.4, -0.2) is 81.6 Å². The highest BCUT2D eigenvalue weighted by atomic mass is 32.2. The van der Waals surface area contributed by atoms with Crippen molar-refractivity contribution in [2.24, 2.45) is 0 Å². The summed E-state index contributed by atoms with van der Waals surface area (Å²) >= 11 is 0. The normalized spacial score (nSPS) is 20.7. The van der Waals surface area contributed by atoms with Crippen LogP contribution in [0, 0.1) is 11.6 Å². The highest BCUT2D eigenvalue weighted by molar-refractivity contribution is 7.90. The van der Waals surface area contributed by atoms with Crippen LogP contribution in [-0.2, 0) is 19.4 Å². The first kappa shape index (κ1) is 28.7. The van der Waals surface area contributed by atoms with Crippen LogP contribution in [0.25, 0.3) is 0 Å². The van der Waals surface area contributed by atoms with Gasteiger partial charge in [-0.1, -0.05) is 0 Å². The molecule has 1 atom stereocenters. The molecule has 0 unspecified atom stereocenters. The van der Waals surface area contributed by atoms with Crippen LogP contribution >= 0.6 is 0 Å². The van der Waals surface area contributed by atoms with E-state index in [1.165, 1.54) is 29.8 Å². The largest absolute Gasteiger partial charge is 0.379 e. The summed E-state index contributed by atoms with van der Waals surface area (Å²) in [4.78, 5) is 19.4. The van der Waals surface area contributed by atoms with Gasteiger partial charge in [-0.3, -0.25) is 9.74 Å². The molecule has 3 aliphatic rings. The first-order valence-electron chi connectivity index (χ1n) is 14.1. The molecule has 6 rings (SSSR count). The van der Waals surface area contributed by atoms with Crippen LogP contribution in [0.1, 0.15) is 30.9 Å². The second-order valence-electron chi connectivity index (χ2n) is 10.9. The van der Waals surface area contributed by atoms with Gasteiger partial charge in [0, 0.05) is 68.4 Å². The maximum Gasteiger partial charge on any atom is 0.175 e. The summed E-state index contributed by atoms with van der Waals surface area (Å²) in [6.07, 6.45) is 5.07. The second-order valence-corrected chi connectivity index (χ2v) is 12.9. The molecule has 2 aromatic carbocycles. The molecule has 0 radical (unpaired) electrons. The Morgan fingerprint density at radius 2 is 1.62 bits per heavy atom. The van der Waals surface area contributed by atoms with E-state index >= 15 is 0 Å². The number of rotatable bonds is 7. The molecule has 13 heteroatoms. The van der Waals surface area contributed by atoms with Gasteiger partial charge in [0.15, 0.2) is 15.7 Å². The Kier molecular flexibility index (Phi) is 8.26. The van der Waals surface area contributed by atoms with E-state index in [0.29, 0.717) is 42.0 Å². The molecule has 3 aromatic rings. The standard InChI is InChI=1S/C29H34F2N6O4S/c1-42(38,39)26-16-23(15-25(17-26)35-5-2-24(3-6-35)36-7-10-40-11-8-36)34-28-18-29(33-19-32-28)37-27(4-9-41-37)20-12-21(30)14-22(31)13-20/h12-19,24,27H,2-11H2,1H3,(H,32,33,34)/t27-/m1/s1. The zero-order valence-electron chi connectivity index (χ0n) is 23.4. The lowest BCUT2D eigenvalue weighted by atomic mass is 10.0. The van der Waals surface area contributed by atoms with Crippen molar-refractivity contribution in [2.75, 3.05) is 67.5 Å². The molecule has 3 fully saturated rings. The van der Waals surface area contributed by atoms with Gasteiger partial charge >= 0.3 is 0 Å². The lowest BCUT2D eigenvalue weighted by molar-refractivity contribution is 0.0115. The number of nitrogens with one attached hydrogen (secondary N) is 1. The molecular formula is C29H34F2N6O4S. The highest BCUT2D eigenvalue weighted by Gasteiger charge is 2.30. The Hall–Kier alpha value is -3.39. The number of piperidine rings is 1. The van der Waals surface area contributed by atoms with E-state index in [0.717, 1.165) is 64.0 Å². The number of anilines is 4. The van der Waals surface area contributed by atoms with E-state index in [1.807, 2.05) is 6.07 Å². The van der Waals surface area contributed by atoms with Crippen LogP contribution in [0.3, 0.4) is 0 Å². The molecule has 4 heterocycles. The molecule has 1 aromatic heterocycles. The minimum atomic E-state index is -3.48. The molecule has 224 valence electrons. The Bertz CT molecular complexity index is 1510. The molecule has 10 nitrogen and oxygen atoms in total. The van der Waals surface area contributed by atoms with Crippen molar-refractivity contribution in [1.82, 2.24) is 14.9 Å². The highest BCUT2D eigenvalue weighted by Crippen LogP contribution is 2.36. The third-order valence-corrected chi connectivity index (χ3v) is 9.13. The molecule has 0 amide bonds. The van der Waals surface area contributed by atoms with Crippen LogP contribution in [0.2, 0.25) is 0 Å². The minimum absolute atomic E-state index is 0.211. The number of halogens is 2. The van der Waals surface area contributed by atoms with Crippen molar-refractivity contribution in [3.63, 3.8) is 0 Å². The van der Waals surface area contributed by atoms with Crippen molar-refractivity contribution in [3.8, 4) is 0 Å². The third kappa shape index (κ3) is 6.48. The topological polar surface area (TPSA) is 100 Å². The Morgan fingerprint density at radius 1 is 0.881 bits per heavy atom. The van der Waals surface area contributed by atoms with E-state index in [2.05, 4.69) is 25.1 Å². The number of hydroxylamine groups is 1. The monoisotopic (exact) mass is 600 g/mol. The van der Waals surface area contributed by atoms with Crippen molar-refractivity contribution in [1.29, 1.82) is 0 Å². The zero-order valence-corrected chi connectivity index (χ0v) is 24.2. The fourth-order valence-electron chi connectivity index (χ4n) is 5.93. The van der Waals surface area contributed by atoms with Gasteiger partial charge < -0.3 is 15.0 Å². The molecule has 3 aliphatic heterocycles. The number of morpholine rings is 1. The predicted octanol–water partition coefficient (Wildman–Crippen LogP) is 4.09. The molecule has 0 spiro atoms. The molecule has 0 bridgehead atoms. The van der Waals surface area contributed by atoms with Crippen LogP contribution in [0.5, 0.6) is 0 Å². The summed E-state index contributed by atoms with van der Waals surface area (Å²) in [5, 5.41) is 4.75. The quantitative estimate of drug-likeness (QED) is 0.427. The fourth-order valence-corrected chi connectivity index (χ4v) is 6.61. The van der Waals surface area contributed by atoms with Gasteiger partial charge in [-0.05, 0) is 48.7 Å². The Balaban J connectivity index is 1.22. The third-order valence-electron chi connectivity index (χ3n) is 8.04. The SMILES string of the molecule is CS(=O)(=O)c1cc(Nc2cc(N3OCC[C@@H]3c3cc(F)cc(F)c3)ncn2)cc(N2CCC(N3CCOCC3)CC2)c1. The zero-order chi connectivity index (χ0) is 29.3. The molecule has 42 heavy (non-hydrogen) atoms. The first-order chi connectivity index (χ1) is 20.2. The van der Waals surface area contributed by atoms with E-state index in [1.54, 1.807) is 18.2 Å². The predicted molar refractivity (Wildman–Crippen MR) is 155 cm³/mol. The molecule has 1 N–H and O–H groups in total. The summed E-state index contributed by atoms with van der Waals surface area (Å²) in [5.74, 6) is -0.491. The van der Waals surface area contributed by atoms with Crippen molar-refractivity contribution in [2.45, 2.75) is 36.2 Å². The number of nitrogens with zero attached hydrogens (tertiary/aromatic N) is 5. The number of hydrogen-bond donors (Lipinski definition) is 1. The van der Waals surface area contributed by atoms with Crippen LogP contribution < -0.4 is 15.3 Å². The lowest BCUT2D eigenvalue weighted by Gasteiger charge is -2.41. The number of aromatic nitrogens is 2. The Labute approximate surface area is 244 Å². The van der Waals surface area contributed by atoms with E-state index in [-0.39, 0.29) is 4.90 Å². The summed E-state index contributed by atoms with van der Waals surface area (Å²) in [7, 11) is -3.48. The van der Waals surface area contributed by atoms with Gasteiger partial charge in [0.2, 0.25) is 0 Å². The number of sulfone groups is 1. The summed E-state index contributed by atoms with van der Waals surface area (Å²) < 4.78 is 58.6. The van der Waals surface area contributed by atoms with Gasteiger partial charge in [0.1, 0.15) is 23.8 Å². The summed E-state index contributed by atoms with van der Waals surface area (Å²) in [6, 6.07) is 10.4. The van der Waals surface area contributed by atoms with E-state index < -0.39 is 27.5 Å². The van der Waals surface area contributed by atoms with Crippen molar-refractivity contribution >= 4 is 32.8 Å². The van der Waals surface area contributed by atoms with E-state index in [4.69, 9.17) is 9.57 Å². The Morgan fingerprint density at radius 3 is 2.33 bits per heavy atom. The van der Waals surface area contributed by atoms with Crippen molar-refractivity contribution < 1.29 is 26.8 Å². The number of ether oxygens (including phenoxy) is 1. The maximum atomic E-state index is 13.9. The van der Waals surface area contributed by atoms with Gasteiger partial charge in [-0.25, -0.2) is 32.2 Å². The van der Waals surface area contributed by atoms with Gasteiger partial charge in [0.05, 0.1) is 30.8 Å². The number of benzene rings is 2. The lowest BCUT2D eigenvalue weighted by Crippen LogP contribution is -2.49. The molecule has 0 saturated carbocycles. The number of hydrogen-bond acceptors (Lipinski definition) is 10. The van der Waals surface area contributed by atoms with Gasteiger partial charge in [-0.15, -0.1) is 0 Å². The van der Waals surface area contributed by atoms with Gasteiger partial charge in [-0.2, -0.15) is 0 Å². The van der Waals surface area contributed by atoms with Gasteiger partial charge in [0.25, 0.3) is 0 Å². The van der Waals surface area contributed by atoms with E-state index in [9.17, 15) is 17.2 Å². The smallest absolute Gasteiger partial charge is 0.175 e. The maximum absolute atomic E-state index is 13.9. The molecule has 0 aliphatic carbocycles. The minimum Gasteiger partial charge on any atom is -0.379 e. The molecule has 3 saturated heterocycles. The average Bonchev–Trinajstić information content (AvgIpc) is 3.47. The first-order valence-corrected chi connectivity index (χ1v) is 16.0. The van der Waals surface area contributed by atoms with Crippen LogP contribution in [0.4, 0.5) is 31.8 Å².